The van der Waals surface area contributed by atoms with Crippen LogP contribution in [0.25, 0.3) is 16.5 Å². The van der Waals surface area contributed by atoms with E-state index in [0.717, 1.165) is 6.54 Å². The smallest absolute Gasteiger partial charge is 0.0494 e. The van der Waals surface area contributed by atoms with Crippen LogP contribution in [-0.2, 0) is 51.1 Å². The molecule has 283 valence electrons. The van der Waals surface area contributed by atoms with E-state index in [4.69, 9.17) is 0 Å². The fourth-order valence-electron chi connectivity index (χ4n) is 6.50. The molecule has 3 aromatic rings. The molecule has 1 aromatic heterocycles. The molecule has 0 spiro atoms. The van der Waals surface area contributed by atoms with Crippen molar-refractivity contribution < 1.29 is 32.7 Å². The fraction of sp³-hybridized carbons (Fsp3) is 0.630. The zero-order valence-corrected chi connectivity index (χ0v) is 37.0. The van der Waals surface area contributed by atoms with Crippen molar-refractivity contribution in [3.63, 3.8) is 0 Å². The Labute approximate surface area is 332 Å². The van der Waals surface area contributed by atoms with Crippen molar-refractivity contribution in [3.8, 4) is 0 Å². The van der Waals surface area contributed by atoms with Gasteiger partial charge in [-0.3, -0.25) is 0 Å². The molecule has 0 atom stereocenters. The summed E-state index contributed by atoms with van der Waals surface area (Å²) < 4.78 is 2.63. The van der Waals surface area contributed by atoms with E-state index in [-0.39, 0.29) is 67.8 Å². The van der Waals surface area contributed by atoms with E-state index in [1.54, 1.807) is 22.3 Å². The third-order valence-corrected chi connectivity index (χ3v) is 7.52. The molecule has 0 amide bonds. The Morgan fingerprint density at radius 3 is 1.48 bits per heavy atom. The molecule has 0 bridgehead atoms. The number of rotatable bonds is 2. The standard InChI is InChI=1S/C27H31N.C3H8.6C2H6.3CH4.CH3.Y/c1-17(2)27(18(3)4)23-12-8-6-10-20(23)16-28-24-13-9-7-11-21(24)22-15-14-19(5)25(27)26(22)28;1-3-2;6*1-2;;;;;/h6-13,17-18H,14-16H2,1-5H3;3H2,1-2H3;6*1-2H3;3*1H4;1H3;/q;;;;;;;;;;;-1;. The van der Waals surface area contributed by atoms with Crippen LogP contribution in [-0.4, -0.2) is 4.57 Å². The van der Waals surface area contributed by atoms with Crippen molar-refractivity contribution in [2.75, 3.05) is 0 Å². The predicted octanol–water partition coefficient (Wildman–Crippen LogP) is 16.9. The first kappa shape index (κ1) is 65.2. The van der Waals surface area contributed by atoms with Crippen LogP contribution in [0, 0.1) is 19.3 Å². The molecule has 0 saturated heterocycles. The summed E-state index contributed by atoms with van der Waals surface area (Å²) in [6, 6.07) is 18.3. The van der Waals surface area contributed by atoms with E-state index in [2.05, 4.69) is 102 Å². The SMILES string of the molecule is C.C.C.CC.CC.CC.CC.CC.CC.CC1=C2c3c(c4ccccc4n3Cc3ccccc3C2(C(C)C)C(C)C)CC1.CCC.[CH3-].[Y]. The van der Waals surface area contributed by atoms with E-state index >= 15 is 0 Å². The van der Waals surface area contributed by atoms with Gasteiger partial charge in [0.2, 0.25) is 0 Å². The van der Waals surface area contributed by atoms with Gasteiger partial charge in [-0.1, -0.05) is 201 Å². The van der Waals surface area contributed by atoms with Crippen molar-refractivity contribution in [2.45, 2.75) is 185 Å². The number of benzene rings is 2. The second kappa shape index (κ2) is 37.1. The second-order valence-electron chi connectivity index (χ2n) is 10.1. The third kappa shape index (κ3) is 14.2. The molecule has 0 N–H and O–H groups in total. The molecule has 0 unspecified atom stereocenters. The Morgan fingerprint density at radius 1 is 0.646 bits per heavy atom. The van der Waals surface area contributed by atoms with E-state index in [1.807, 2.05) is 83.1 Å². The number of para-hydroxylation sites is 1. The van der Waals surface area contributed by atoms with Crippen molar-refractivity contribution >= 4 is 16.5 Å². The normalized spacial score (nSPS) is 11.5. The number of nitrogens with zero attached hydrogens (tertiary/aromatic N) is 1. The Bertz CT molecular complexity index is 1120. The maximum atomic E-state index is 2.63. The molecule has 2 aromatic carbocycles. The average molecular weight is 746 g/mol. The number of fused-ring (bicyclic) bond motifs is 4. The van der Waals surface area contributed by atoms with Crippen LogP contribution in [0.4, 0.5) is 0 Å². The first-order valence-electron chi connectivity index (χ1n) is 18.3. The van der Waals surface area contributed by atoms with Crippen LogP contribution >= 0.6 is 0 Å². The van der Waals surface area contributed by atoms with Crippen molar-refractivity contribution in [1.29, 1.82) is 0 Å². The van der Waals surface area contributed by atoms with Gasteiger partial charge in [-0.15, -0.1) is 0 Å². The van der Waals surface area contributed by atoms with Crippen LogP contribution in [0.15, 0.2) is 54.1 Å². The van der Waals surface area contributed by atoms with Gasteiger partial charge in [0.25, 0.3) is 0 Å². The van der Waals surface area contributed by atoms with Gasteiger partial charge >= 0.3 is 0 Å². The summed E-state index contributed by atoms with van der Waals surface area (Å²) >= 11 is 0. The predicted molar refractivity (Wildman–Crippen MR) is 230 cm³/mol. The molecule has 2 heteroatoms. The molecule has 1 radical (unpaired) electrons. The average Bonchev–Trinajstić information content (AvgIpc) is 3.29. The van der Waals surface area contributed by atoms with Crippen molar-refractivity contribution in [3.05, 3.63) is 83.9 Å². The Balaban J connectivity index is -0.000000118. The summed E-state index contributed by atoms with van der Waals surface area (Å²) in [6.45, 7) is 41.4. The summed E-state index contributed by atoms with van der Waals surface area (Å²) in [4.78, 5) is 0. The minimum absolute atomic E-state index is 0. The Hall–Kier alpha value is -1.18. The van der Waals surface area contributed by atoms with Crippen LogP contribution in [0.3, 0.4) is 0 Å². The molecule has 2 aliphatic rings. The summed E-state index contributed by atoms with van der Waals surface area (Å²) in [6.07, 6.45) is 3.60. The van der Waals surface area contributed by atoms with E-state index in [1.165, 1.54) is 41.4 Å². The van der Waals surface area contributed by atoms with Gasteiger partial charge in [-0.05, 0) is 59.9 Å². The van der Waals surface area contributed by atoms with Gasteiger partial charge in [-0.25, -0.2) is 0 Å². The quantitative estimate of drug-likeness (QED) is 0.230. The first-order chi connectivity index (χ1) is 20.9. The summed E-state index contributed by atoms with van der Waals surface area (Å²) in [5.41, 5.74) is 10.8. The zero-order chi connectivity index (χ0) is 34.3. The molecule has 1 nitrogen and oxygen atoms in total. The van der Waals surface area contributed by atoms with E-state index in [0.29, 0.717) is 11.8 Å². The number of allylic oxidation sites excluding steroid dienone is 2. The van der Waals surface area contributed by atoms with Gasteiger partial charge in [0.05, 0.1) is 0 Å². The third-order valence-electron chi connectivity index (χ3n) is 7.52. The molecule has 0 saturated carbocycles. The van der Waals surface area contributed by atoms with Crippen LogP contribution in [0.2, 0.25) is 0 Å². The summed E-state index contributed by atoms with van der Waals surface area (Å²) in [5.74, 6) is 1.07. The molecule has 1 aliphatic heterocycles. The molecular weight excluding hydrogens is 655 g/mol. The molecule has 0 fully saturated rings. The van der Waals surface area contributed by atoms with Crippen molar-refractivity contribution in [2.24, 2.45) is 11.8 Å². The maximum Gasteiger partial charge on any atom is 0.0494 e. The van der Waals surface area contributed by atoms with Gasteiger partial charge < -0.3 is 12.0 Å². The van der Waals surface area contributed by atoms with E-state index < -0.39 is 0 Å². The van der Waals surface area contributed by atoms with Gasteiger partial charge in [0.1, 0.15) is 0 Å². The van der Waals surface area contributed by atoms with Gasteiger partial charge in [-0.2, -0.15) is 0 Å². The van der Waals surface area contributed by atoms with Gasteiger partial charge in [0, 0.05) is 61.3 Å². The summed E-state index contributed by atoms with van der Waals surface area (Å²) in [5, 5.41) is 1.46. The van der Waals surface area contributed by atoms with Crippen LogP contribution in [0.5, 0.6) is 0 Å². The second-order valence-corrected chi connectivity index (χ2v) is 10.1. The number of aromatic nitrogens is 1. The molecular formula is C46H90NY-. The first-order valence-corrected chi connectivity index (χ1v) is 18.3. The van der Waals surface area contributed by atoms with Gasteiger partial charge in [0.15, 0.2) is 0 Å². The largest absolute Gasteiger partial charge is 0.358 e. The fourth-order valence-corrected chi connectivity index (χ4v) is 6.50. The Kier molecular flexibility index (Phi) is 50.4. The molecule has 48 heavy (non-hydrogen) atoms. The number of hydrogen-bond acceptors (Lipinski definition) is 0. The minimum atomic E-state index is 0. The minimum Gasteiger partial charge on any atom is -0.358 e. The molecule has 2 heterocycles. The van der Waals surface area contributed by atoms with E-state index in [9.17, 15) is 0 Å². The maximum absolute atomic E-state index is 2.63. The number of aryl methyl sites for hydroxylation is 1. The molecule has 1 aliphatic carbocycles. The number of hydrogen-bond donors (Lipinski definition) is 0. The summed E-state index contributed by atoms with van der Waals surface area (Å²) in [7, 11) is 0. The van der Waals surface area contributed by atoms with Crippen LogP contribution < -0.4 is 0 Å². The monoisotopic (exact) mass is 746 g/mol. The Morgan fingerprint density at radius 2 is 1.04 bits per heavy atom. The van der Waals surface area contributed by atoms with Crippen LogP contribution in [0.1, 0.15) is 189 Å². The zero-order valence-electron chi connectivity index (χ0n) is 34.1. The molecule has 5 rings (SSSR count). The van der Waals surface area contributed by atoms with Crippen molar-refractivity contribution in [1.82, 2.24) is 4.57 Å². The topological polar surface area (TPSA) is 4.93 Å².